The molecule has 0 spiro atoms. The maximum absolute atomic E-state index is 13.3. The molecule has 1 saturated heterocycles. The van der Waals surface area contributed by atoms with Crippen molar-refractivity contribution < 1.29 is 14.4 Å². The Kier molecular flexibility index (Phi) is 5.74. The van der Waals surface area contributed by atoms with Gasteiger partial charge in [0.05, 0.1) is 6.54 Å². The fraction of sp³-hybridized carbons (Fsp3) is 0.571. The Morgan fingerprint density at radius 3 is 2.50 bits per heavy atom. The number of urea groups is 1. The fourth-order valence-electron chi connectivity index (χ4n) is 4.15. The van der Waals surface area contributed by atoms with Gasteiger partial charge in [-0.1, -0.05) is 69.4 Å². The van der Waals surface area contributed by atoms with E-state index in [0.717, 1.165) is 49.0 Å². The van der Waals surface area contributed by atoms with Gasteiger partial charge in [-0.15, -0.1) is 0 Å². The first-order valence-electron chi connectivity index (χ1n) is 9.81. The van der Waals surface area contributed by atoms with Gasteiger partial charge in [-0.25, -0.2) is 4.79 Å². The lowest BCUT2D eigenvalue weighted by atomic mass is 9.84. The van der Waals surface area contributed by atoms with E-state index in [1.54, 1.807) is 0 Å². The van der Waals surface area contributed by atoms with E-state index in [1.807, 2.05) is 30.3 Å². The summed E-state index contributed by atoms with van der Waals surface area (Å²) < 4.78 is 0. The van der Waals surface area contributed by atoms with E-state index < -0.39 is 11.6 Å². The summed E-state index contributed by atoms with van der Waals surface area (Å²) in [5.41, 5.74) is -0.249. The molecule has 1 aliphatic heterocycles. The molecule has 1 atom stereocenters. The highest BCUT2D eigenvalue weighted by atomic mass is 16.2. The Morgan fingerprint density at radius 1 is 1.15 bits per heavy atom. The van der Waals surface area contributed by atoms with Gasteiger partial charge in [0.25, 0.3) is 5.91 Å². The van der Waals surface area contributed by atoms with Gasteiger partial charge < -0.3 is 5.32 Å². The van der Waals surface area contributed by atoms with Crippen LogP contribution in [0.5, 0.6) is 0 Å². The molecule has 0 aromatic heterocycles. The van der Waals surface area contributed by atoms with Gasteiger partial charge in [-0.3, -0.25) is 14.5 Å². The highest BCUT2D eigenvalue weighted by Crippen LogP contribution is 2.34. The van der Waals surface area contributed by atoms with Gasteiger partial charge in [0.15, 0.2) is 5.78 Å². The molecule has 5 nitrogen and oxygen atoms in total. The summed E-state index contributed by atoms with van der Waals surface area (Å²) >= 11 is 0. The number of hydrogen-bond donors (Lipinski definition) is 1. The normalized spacial score (nSPS) is 24.0. The quantitative estimate of drug-likeness (QED) is 0.756. The largest absolute Gasteiger partial charge is 0.325 e. The summed E-state index contributed by atoms with van der Waals surface area (Å²) in [5, 5.41) is 2.91. The van der Waals surface area contributed by atoms with Crippen LogP contribution in [0.1, 0.15) is 63.9 Å². The van der Waals surface area contributed by atoms with Crippen molar-refractivity contribution in [1.82, 2.24) is 10.2 Å². The topological polar surface area (TPSA) is 66.5 Å². The molecule has 1 saturated carbocycles. The zero-order chi connectivity index (χ0) is 18.6. The van der Waals surface area contributed by atoms with Gasteiger partial charge >= 0.3 is 6.03 Å². The van der Waals surface area contributed by atoms with E-state index >= 15 is 0 Å². The molecule has 2 fully saturated rings. The third-order valence-electron chi connectivity index (χ3n) is 5.72. The molecule has 26 heavy (non-hydrogen) atoms. The third-order valence-corrected chi connectivity index (χ3v) is 5.72. The minimum Gasteiger partial charge on any atom is -0.319 e. The first kappa shape index (κ1) is 18.6. The monoisotopic (exact) mass is 356 g/mol. The molecule has 1 unspecified atom stereocenters. The summed E-state index contributed by atoms with van der Waals surface area (Å²) in [5.74, 6) is -0.273. The molecule has 2 aliphatic rings. The minimum absolute atomic E-state index is 0.00767. The van der Waals surface area contributed by atoms with Crippen LogP contribution in [0.25, 0.3) is 0 Å². The standard InChI is InChI=1S/C21H28N2O3/c1-2-3-14-21(17-12-8-5-9-13-17)19(25)23(20(26)22-21)15-18(24)16-10-6-4-7-11-16/h5,8-9,12-13,16H,2-4,6-7,10-11,14-15H2,1H3,(H,22,26). The van der Waals surface area contributed by atoms with Crippen LogP contribution in [0.2, 0.25) is 0 Å². The highest BCUT2D eigenvalue weighted by molar-refractivity contribution is 6.09. The summed E-state index contributed by atoms with van der Waals surface area (Å²) in [6.07, 6.45) is 7.34. The number of Topliss-reactive ketones (excluding diaryl/α,β-unsaturated/α-hetero) is 1. The van der Waals surface area contributed by atoms with Crippen LogP contribution in [0, 0.1) is 5.92 Å². The molecule has 140 valence electrons. The number of ketones is 1. The number of benzene rings is 1. The zero-order valence-corrected chi connectivity index (χ0v) is 15.5. The predicted molar refractivity (Wildman–Crippen MR) is 99.5 cm³/mol. The minimum atomic E-state index is -1.04. The van der Waals surface area contributed by atoms with Crippen molar-refractivity contribution in [3.8, 4) is 0 Å². The predicted octanol–water partition coefficient (Wildman–Crippen LogP) is 3.77. The number of unbranched alkanes of at least 4 members (excludes halogenated alkanes) is 1. The summed E-state index contributed by atoms with van der Waals surface area (Å²) in [6.45, 7) is 1.96. The summed E-state index contributed by atoms with van der Waals surface area (Å²) in [6, 6.07) is 8.94. The second-order valence-electron chi connectivity index (χ2n) is 7.50. The second-order valence-corrected chi connectivity index (χ2v) is 7.50. The van der Waals surface area contributed by atoms with E-state index in [1.165, 1.54) is 6.42 Å². The zero-order valence-electron chi connectivity index (χ0n) is 15.5. The Bertz CT molecular complexity index is 667. The number of hydrogen-bond acceptors (Lipinski definition) is 3. The molecule has 1 heterocycles. The highest BCUT2D eigenvalue weighted by Gasteiger charge is 2.52. The molecular weight excluding hydrogens is 328 g/mol. The fourth-order valence-corrected chi connectivity index (χ4v) is 4.15. The summed E-state index contributed by atoms with van der Waals surface area (Å²) in [4.78, 5) is 39.6. The summed E-state index contributed by atoms with van der Waals surface area (Å²) in [7, 11) is 0. The molecule has 0 radical (unpaired) electrons. The van der Waals surface area contributed by atoms with Crippen molar-refractivity contribution in [2.75, 3.05) is 6.54 Å². The van der Waals surface area contributed by atoms with Crippen molar-refractivity contribution in [3.63, 3.8) is 0 Å². The van der Waals surface area contributed by atoms with Crippen molar-refractivity contribution >= 4 is 17.7 Å². The maximum atomic E-state index is 13.3. The van der Waals surface area contributed by atoms with E-state index in [9.17, 15) is 14.4 Å². The van der Waals surface area contributed by atoms with Crippen LogP contribution in [-0.4, -0.2) is 29.2 Å². The van der Waals surface area contributed by atoms with E-state index in [4.69, 9.17) is 0 Å². The van der Waals surface area contributed by atoms with Gasteiger partial charge in [0, 0.05) is 5.92 Å². The van der Waals surface area contributed by atoms with Crippen LogP contribution >= 0.6 is 0 Å². The van der Waals surface area contributed by atoms with Gasteiger partial charge in [-0.2, -0.15) is 0 Å². The van der Waals surface area contributed by atoms with Crippen LogP contribution in [-0.2, 0) is 15.1 Å². The lowest BCUT2D eigenvalue weighted by Crippen LogP contribution is -2.44. The van der Waals surface area contributed by atoms with E-state index in [2.05, 4.69) is 12.2 Å². The molecule has 3 rings (SSSR count). The van der Waals surface area contributed by atoms with Crippen molar-refractivity contribution in [3.05, 3.63) is 35.9 Å². The SMILES string of the molecule is CCCCC1(c2ccccc2)NC(=O)N(CC(=O)C2CCCCC2)C1=O. The van der Waals surface area contributed by atoms with Crippen LogP contribution in [0.4, 0.5) is 4.79 Å². The molecule has 5 heteroatoms. The van der Waals surface area contributed by atoms with Crippen LogP contribution in [0.15, 0.2) is 30.3 Å². The molecular formula is C21H28N2O3. The Hall–Kier alpha value is -2.17. The molecule has 3 amide bonds. The van der Waals surface area contributed by atoms with Crippen LogP contribution in [0.3, 0.4) is 0 Å². The Labute approximate surface area is 155 Å². The Morgan fingerprint density at radius 2 is 1.85 bits per heavy atom. The van der Waals surface area contributed by atoms with Crippen LogP contribution < -0.4 is 5.32 Å². The molecule has 0 bridgehead atoms. The third kappa shape index (κ3) is 3.53. The molecule has 1 aromatic carbocycles. The molecule has 1 aliphatic carbocycles. The average Bonchev–Trinajstić information content (AvgIpc) is 2.93. The molecule has 1 N–H and O–H groups in total. The number of nitrogens with one attached hydrogen (secondary N) is 1. The lowest BCUT2D eigenvalue weighted by molar-refractivity contribution is -0.136. The van der Waals surface area contributed by atoms with Crippen molar-refractivity contribution in [2.24, 2.45) is 5.92 Å². The van der Waals surface area contributed by atoms with E-state index in [0.29, 0.717) is 6.42 Å². The number of amides is 3. The number of nitrogens with zero attached hydrogens (tertiary/aromatic N) is 1. The van der Waals surface area contributed by atoms with E-state index in [-0.39, 0.29) is 24.2 Å². The lowest BCUT2D eigenvalue weighted by Gasteiger charge is -2.27. The van der Waals surface area contributed by atoms with Gasteiger partial charge in [0.1, 0.15) is 5.54 Å². The number of rotatable bonds is 7. The maximum Gasteiger partial charge on any atom is 0.325 e. The smallest absolute Gasteiger partial charge is 0.319 e. The second kappa shape index (κ2) is 8.02. The first-order chi connectivity index (χ1) is 12.6. The van der Waals surface area contributed by atoms with Crippen molar-refractivity contribution in [1.29, 1.82) is 0 Å². The van der Waals surface area contributed by atoms with Gasteiger partial charge in [0.2, 0.25) is 0 Å². The van der Waals surface area contributed by atoms with Gasteiger partial charge in [-0.05, 0) is 24.8 Å². The number of carbonyl (C=O) groups excluding carboxylic acids is 3. The first-order valence-corrected chi connectivity index (χ1v) is 9.81. The number of imide groups is 1. The molecule has 1 aromatic rings. The Balaban J connectivity index is 1.81. The van der Waals surface area contributed by atoms with Crippen molar-refractivity contribution in [2.45, 2.75) is 63.8 Å². The number of carbonyl (C=O) groups is 3. The average molecular weight is 356 g/mol.